The number of rotatable bonds is 8. The van der Waals surface area contributed by atoms with Crippen molar-refractivity contribution in [1.82, 2.24) is 0 Å². The lowest BCUT2D eigenvalue weighted by atomic mass is 9.95. The van der Waals surface area contributed by atoms with E-state index in [1.54, 1.807) is 0 Å². The van der Waals surface area contributed by atoms with Crippen LogP contribution in [0.15, 0.2) is 218 Å². The van der Waals surface area contributed by atoms with Gasteiger partial charge in [0.2, 0.25) is 0 Å². The van der Waals surface area contributed by atoms with Crippen LogP contribution in [-0.4, -0.2) is 0 Å². The molecule has 0 heterocycles. The molecule has 2 nitrogen and oxygen atoms in total. The van der Waals surface area contributed by atoms with Gasteiger partial charge in [-0.15, -0.1) is 0 Å². The molecule has 0 aromatic heterocycles. The Labute approximate surface area is 305 Å². The van der Waals surface area contributed by atoms with E-state index in [0.29, 0.717) is 0 Å². The van der Waals surface area contributed by atoms with Crippen molar-refractivity contribution in [2.75, 3.05) is 9.80 Å². The van der Waals surface area contributed by atoms with Crippen LogP contribution in [0.4, 0.5) is 34.1 Å². The Kier molecular flexibility index (Phi) is 8.24. The minimum absolute atomic E-state index is 1.10. The second-order valence-electron chi connectivity index (χ2n) is 13.0. The van der Waals surface area contributed by atoms with Gasteiger partial charge in [0, 0.05) is 44.3 Å². The second kappa shape index (κ2) is 13.8. The van der Waals surface area contributed by atoms with E-state index in [-0.39, 0.29) is 0 Å². The molecule has 0 N–H and O–H groups in total. The third kappa shape index (κ3) is 5.77. The molecule has 0 aliphatic carbocycles. The van der Waals surface area contributed by atoms with Crippen molar-refractivity contribution in [1.29, 1.82) is 0 Å². The smallest absolute Gasteiger partial charge is 0.0619 e. The molecule has 0 saturated heterocycles. The van der Waals surface area contributed by atoms with Crippen molar-refractivity contribution in [2.24, 2.45) is 0 Å². The summed E-state index contributed by atoms with van der Waals surface area (Å²) >= 11 is 0. The maximum Gasteiger partial charge on any atom is 0.0619 e. The van der Waals surface area contributed by atoms with E-state index in [9.17, 15) is 0 Å². The molecule has 0 atom stereocenters. The highest BCUT2D eigenvalue weighted by Crippen LogP contribution is 2.51. The molecule has 0 bridgehead atoms. The number of fused-ring (bicyclic) bond motifs is 2. The molecule has 0 aliphatic heterocycles. The SMILES string of the molecule is c1ccc(-c2ccc(N(c3ccc(-c4ccccc4)cc3)c3c4ccccc4c(N(c4ccccc4)c4ccccc4)c4ccccc34)cc2)cc1. The number of anilines is 6. The van der Waals surface area contributed by atoms with E-state index in [1.165, 1.54) is 43.8 Å². The Morgan fingerprint density at radius 1 is 0.192 bits per heavy atom. The summed E-state index contributed by atoms with van der Waals surface area (Å²) in [5.41, 5.74) is 11.5. The van der Waals surface area contributed by atoms with Gasteiger partial charge in [0.15, 0.2) is 0 Å². The average Bonchev–Trinajstić information content (AvgIpc) is 3.23. The molecule has 0 fully saturated rings. The summed E-state index contributed by atoms with van der Waals surface area (Å²) in [5, 5.41) is 4.70. The molecular weight excluding hydrogens is 629 g/mol. The van der Waals surface area contributed by atoms with Crippen LogP contribution in [0.3, 0.4) is 0 Å². The molecule has 246 valence electrons. The minimum atomic E-state index is 1.10. The summed E-state index contributed by atoms with van der Waals surface area (Å²) in [7, 11) is 0. The molecule has 0 aliphatic rings. The maximum atomic E-state index is 2.44. The first kappa shape index (κ1) is 31.1. The fraction of sp³-hybridized carbons (Fsp3) is 0. The Bertz CT molecular complexity index is 2400. The number of hydrogen-bond donors (Lipinski definition) is 0. The first-order valence-electron chi connectivity index (χ1n) is 17.8. The Hall–Kier alpha value is -6.90. The van der Waals surface area contributed by atoms with Crippen molar-refractivity contribution in [2.45, 2.75) is 0 Å². The van der Waals surface area contributed by atoms with Gasteiger partial charge in [-0.25, -0.2) is 0 Å². The van der Waals surface area contributed by atoms with Gasteiger partial charge in [-0.1, -0.05) is 170 Å². The predicted octanol–water partition coefficient (Wildman–Crippen LogP) is 14.3. The summed E-state index contributed by atoms with van der Waals surface area (Å²) in [6.07, 6.45) is 0. The lowest BCUT2D eigenvalue weighted by molar-refractivity contribution is 1.29. The second-order valence-corrected chi connectivity index (χ2v) is 13.0. The number of nitrogens with zero attached hydrogens (tertiary/aromatic N) is 2. The van der Waals surface area contributed by atoms with Gasteiger partial charge in [0.25, 0.3) is 0 Å². The van der Waals surface area contributed by atoms with Crippen LogP contribution in [0, 0.1) is 0 Å². The molecule has 0 saturated carbocycles. The lowest BCUT2D eigenvalue weighted by Crippen LogP contribution is -2.14. The zero-order chi connectivity index (χ0) is 34.7. The van der Waals surface area contributed by atoms with E-state index in [2.05, 4.69) is 228 Å². The highest BCUT2D eigenvalue weighted by molar-refractivity contribution is 6.23. The standard InChI is InChI=1S/C50H36N2/c1-5-17-37(18-6-1)39-29-33-43(34-30-39)52(44-35-31-40(32-36-44)38-19-7-2-8-20-38)50-47-27-15-13-25-45(47)49(46-26-14-16-28-48(46)50)51(41-21-9-3-10-22-41)42-23-11-4-12-24-42/h1-36H. The third-order valence-electron chi connectivity index (χ3n) is 9.82. The van der Waals surface area contributed by atoms with Gasteiger partial charge in [0.05, 0.1) is 11.4 Å². The average molecular weight is 665 g/mol. The minimum Gasteiger partial charge on any atom is -0.309 e. The number of para-hydroxylation sites is 2. The zero-order valence-electron chi connectivity index (χ0n) is 28.7. The third-order valence-corrected chi connectivity index (χ3v) is 9.82. The van der Waals surface area contributed by atoms with Crippen molar-refractivity contribution < 1.29 is 0 Å². The molecule has 0 amide bonds. The topological polar surface area (TPSA) is 6.48 Å². The monoisotopic (exact) mass is 664 g/mol. The van der Waals surface area contributed by atoms with Crippen molar-refractivity contribution in [3.63, 3.8) is 0 Å². The molecule has 0 radical (unpaired) electrons. The highest BCUT2D eigenvalue weighted by Gasteiger charge is 2.25. The largest absolute Gasteiger partial charge is 0.309 e. The van der Waals surface area contributed by atoms with Gasteiger partial charge < -0.3 is 9.80 Å². The highest BCUT2D eigenvalue weighted by atomic mass is 15.2. The normalized spacial score (nSPS) is 11.1. The van der Waals surface area contributed by atoms with Crippen LogP contribution in [-0.2, 0) is 0 Å². The van der Waals surface area contributed by atoms with Crippen LogP contribution in [0.25, 0.3) is 43.8 Å². The molecular formula is C50H36N2. The van der Waals surface area contributed by atoms with E-state index < -0.39 is 0 Å². The predicted molar refractivity (Wildman–Crippen MR) is 222 cm³/mol. The lowest BCUT2D eigenvalue weighted by Gasteiger charge is -2.33. The molecule has 9 rings (SSSR count). The zero-order valence-corrected chi connectivity index (χ0v) is 28.7. The quantitative estimate of drug-likeness (QED) is 0.118. The molecule has 52 heavy (non-hydrogen) atoms. The van der Waals surface area contributed by atoms with E-state index >= 15 is 0 Å². The first-order valence-corrected chi connectivity index (χ1v) is 17.8. The van der Waals surface area contributed by atoms with Crippen LogP contribution >= 0.6 is 0 Å². The summed E-state index contributed by atoms with van der Waals surface area (Å²) in [6, 6.07) is 78.3. The summed E-state index contributed by atoms with van der Waals surface area (Å²) < 4.78 is 0. The number of benzene rings is 9. The molecule has 9 aromatic carbocycles. The number of hydrogen-bond acceptors (Lipinski definition) is 2. The van der Waals surface area contributed by atoms with Gasteiger partial charge in [-0.3, -0.25) is 0 Å². The van der Waals surface area contributed by atoms with Crippen LogP contribution in [0.1, 0.15) is 0 Å². The Morgan fingerprint density at radius 3 is 0.731 bits per heavy atom. The summed E-state index contributed by atoms with van der Waals surface area (Å²) in [6.45, 7) is 0. The Morgan fingerprint density at radius 2 is 0.423 bits per heavy atom. The van der Waals surface area contributed by atoms with Gasteiger partial charge >= 0.3 is 0 Å². The fourth-order valence-corrected chi connectivity index (χ4v) is 7.40. The maximum absolute atomic E-state index is 2.44. The Balaban J connectivity index is 1.31. The molecule has 0 spiro atoms. The molecule has 2 heteroatoms. The van der Waals surface area contributed by atoms with Crippen LogP contribution in [0.2, 0.25) is 0 Å². The fourth-order valence-electron chi connectivity index (χ4n) is 7.40. The van der Waals surface area contributed by atoms with Gasteiger partial charge in [-0.2, -0.15) is 0 Å². The van der Waals surface area contributed by atoms with E-state index in [1.807, 2.05) is 0 Å². The molecule has 0 unspecified atom stereocenters. The van der Waals surface area contributed by atoms with Crippen LogP contribution < -0.4 is 9.80 Å². The van der Waals surface area contributed by atoms with Crippen molar-refractivity contribution in [3.05, 3.63) is 218 Å². The van der Waals surface area contributed by atoms with E-state index in [4.69, 9.17) is 0 Å². The van der Waals surface area contributed by atoms with Gasteiger partial charge in [-0.05, 0) is 70.8 Å². The van der Waals surface area contributed by atoms with Crippen molar-refractivity contribution >= 4 is 55.7 Å². The molecule has 9 aromatic rings. The van der Waals surface area contributed by atoms with Gasteiger partial charge in [0.1, 0.15) is 0 Å². The van der Waals surface area contributed by atoms with E-state index in [0.717, 1.165) is 34.1 Å². The summed E-state index contributed by atoms with van der Waals surface area (Å²) in [4.78, 5) is 4.84. The van der Waals surface area contributed by atoms with Crippen LogP contribution in [0.5, 0.6) is 0 Å². The first-order chi connectivity index (χ1) is 25.8. The van der Waals surface area contributed by atoms with Crippen molar-refractivity contribution in [3.8, 4) is 22.3 Å². The summed E-state index contributed by atoms with van der Waals surface area (Å²) in [5.74, 6) is 0.